The van der Waals surface area contributed by atoms with Crippen molar-refractivity contribution >= 4 is 6.09 Å². The first-order valence-electron chi connectivity index (χ1n) is 6.62. The van der Waals surface area contributed by atoms with E-state index in [1.165, 1.54) is 31.9 Å². The van der Waals surface area contributed by atoms with Crippen LogP contribution in [0.15, 0.2) is 23.1 Å². The van der Waals surface area contributed by atoms with Crippen molar-refractivity contribution in [2.24, 2.45) is 5.92 Å². The minimum atomic E-state index is -1.21. The first-order chi connectivity index (χ1) is 8.68. The average Bonchev–Trinajstić information content (AvgIpc) is 2.84. The fraction of sp³-hybridized carbons (Fsp3) is 0.571. The first kappa shape index (κ1) is 12.9. The molecule has 0 aromatic carbocycles. The lowest BCUT2D eigenvalue weighted by Gasteiger charge is -2.08. The lowest BCUT2D eigenvalue weighted by Crippen LogP contribution is -2.27. The van der Waals surface area contributed by atoms with Gasteiger partial charge in [-0.3, -0.25) is 4.79 Å². The van der Waals surface area contributed by atoms with Gasteiger partial charge in [0, 0.05) is 11.8 Å². The summed E-state index contributed by atoms with van der Waals surface area (Å²) in [6.45, 7) is 0. The minimum absolute atomic E-state index is 0.392. The number of carboxylic acid groups (broad SMARTS) is 1. The largest absolute Gasteiger partial charge is 0.464 e. The molecule has 1 aromatic heterocycles. The predicted octanol–water partition coefficient (Wildman–Crippen LogP) is 2.89. The van der Waals surface area contributed by atoms with Crippen molar-refractivity contribution in [3.05, 3.63) is 34.2 Å². The van der Waals surface area contributed by atoms with Gasteiger partial charge in [0.05, 0.1) is 0 Å². The van der Waals surface area contributed by atoms with Gasteiger partial charge in [-0.25, -0.2) is 9.36 Å². The molecule has 0 radical (unpaired) electrons. The van der Waals surface area contributed by atoms with Gasteiger partial charge in [0.2, 0.25) is 0 Å². The van der Waals surface area contributed by atoms with Gasteiger partial charge >= 0.3 is 6.09 Å². The molecule has 0 aliphatic heterocycles. The maximum Gasteiger partial charge on any atom is 0.418 e. The zero-order valence-corrected chi connectivity index (χ0v) is 10.5. The second-order valence-electron chi connectivity index (χ2n) is 5.03. The molecule has 1 fully saturated rings. The van der Waals surface area contributed by atoms with Gasteiger partial charge in [-0.1, -0.05) is 38.2 Å². The molecule has 1 aliphatic carbocycles. The molecule has 0 saturated heterocycles. The van der Waals surface area contributed by atoms with Crippen molar-refractivity contribution in [1.82, 2.24) is 4.57 Å². The lowest BCUT2D eigenvalue weighted by atomic mass is 9.99. The molecule has 0 atom stereocenters. The van der Waals surface area contributed by atoms with Crippen molar-refractivity contribution in [3.63, 3.8) is 0 Å². The fourth-order valence-corrected chi connectivity index (χ4v) is 2.76. The molecule has 4 nitrogen and oxygen atoms in total. The van der Waals surface area contributed by atoms with Gasteiger partial charge in [0.25, 0.3) is 5.56 Å². The third-order valence-corrected chi connectivity index (χ3v) is 3.77. The van der Waals surface area contributed by atoms with E-state index < -0.39 is 11.7 Å². The highest BCUT2D eigenvalue weighted by atomic mass is 16.4. The highest BCUT2D eigenvalue weighted by molar-refractivity contribution is 5.67. The molecule has 1 aromatic rings. The summed E-state index contributed by atoms with van der Waals surface area (Å²) in [6.07, 6.45) is 8.20. The Labute approximate surface area is 106 Å². The van der Waals surface area contributed by atoms with Crippen molar-refractivity contribution in [2.75, 3.05) is 0 Å². The Morgan fingerprint density at radius 1 is 1.39 bits per heavy atom. The number of carbonyl (C=O) groups is 1. The van der Waals surface area contributed by atoms with Crippen LogP contribution in [0.5, 0.6) is 0 Å². The summed E-state index contributed by atoms with van der Waals surface area (Å²) in [5.41, 5.74) is 0.217. The summed E-state index contributed by atoms with van der Waals surface area (Å²) in [6, 6.07) is 3.36. The Kier molecular flexibility index (Phi) is 4.18. The summed E-state index contributed by atoms with van der Waals surface area (Å²) in [5, 5.41) is 8.85. The molecule has 0 bridgehead atoms. The van der Waals surface area contributed by atoms with Crippen LogP contribution in [0.3, 0.4) is 0 Å². The van der Waals surface area contributed by atoms with Crippen LogP contribution >= 0.6 is 0 Å². The Morgan fingerprint density at radius 2 is 2.11 bits per heavy atom. The molecule has 4 heteroatoms. The number of aryl methyl sites for hydroxylation is 1. The first-order valence-corrected chi connectivity index (χ1v) is 6.62. The Hall–Kier alpha value is -1.58. The smallest absolute Gasteiger partial charge is 0.418 e. The van der Waals surface area contributed by atoms with Crippen molar-refractivity contribution in [1.29, 1.82) is 0 Å². The molecule has 0 amide bonds. The number of nitrogens with zero attached hydrogens (tertiary/aromatic N) is 1. The molecule has 18 heavy (non-hydrogen) atoms. The van der Waals surface area contributed by atoms with Gasteiger partial charge in [-0.15, -0.1) is 0 Å². The van der Waals surface area contributed by atoms with E-state index in [4.69, 9.17) is 5.11 Å². The summed E-state index contributed by atoms with van der Waals surface area (Å²) >= 11 is 0. The van der Waals surface area contributed by atoms with Crippen molar-refractivity contribution in [3.8, 4) is 0 Å². The van der Waals surface area contributed by atoms with Gasteiger partial charge in [-0.05, 0) is 24.8 Å². The normalized spacial score (nSPS) is 16.0. The van der Waals surface area contributed by atoms with Crippen LogP contribution in [-0.2, 0) is 6.42 Å². The third-order valence-electron chi connectivity index (χ3n) is 3.77. The summed E-state index contributed by atoms with van der Waals surface area (Å²) in [7, 11) is 0. The number of hydrogen-bond donors (Lipinski definition) is 1. The molecule has 1 N–H and O–H groups in total. The van der Waals surface area contributed by atoms with Crippen LogP contribution in [0.2, 0.25) is 0 Å². The van der Waals surface area contributed by atoms with E-state index in [1.54, 1.807) is 12.1 Å². The molecule has 1 heterocycles. The second kappa shape index (κ2) is 5.85. The van der Waals surface area contributed by atoms with E-state index in [1.807, 2.05) is 0 Å². The monoisotopic (exact) mass is 249 g/mol. The molecular formula is C14H19NO3. The Bertz CT molecular complexity index is 472. The summed E-state index contributed by atoms with van der Waals surface area (Å²) < 4.78 is 0.755. The molecule has 0 spiro atoms. The van der Waals surface area contributed by atoms with Crippen LogP contribution in [0.25, 0.3) is 0 Å². The average molecular weight is 249 g/mol. The lowest BCUT2D eigenvalue weighted by molar-refractivity contribution is 0.195. The predicted molar refractivity (Wildman–Crippen MR) is 69.0 cm³/mol. The molecule has 1 saturated carbocycles. The van der Waals surface area contributed by atoms with E-state index in [-0.39, 0.29) is 0 Å². The van der Waals surface area contributed by atoms with E-state index >= 15 is 0 Å². The van der Waals surface area contributed by atoms with Crippen molar-refractivity contribution in [2.45, 2.75) is 44.9 Å². The second-order valence-corrected chi connectivity index (χ2v) is 5.03. The van der Waals surface area contributed by atoms with Gasteiger partial charge in [0.15, 0.2) is 0 Å². The third kappa shape index (κ3) is 3.00. The summed E-state index contributed by atoms with van der Waals surface area (Å²) in [4.78, 5) is 22.6. The highest BCUT2D eigenvalue weighted by Crippen LogP contribution is 2.28. The maximum atomic E-state index is 11.8. The maximum absolute atomic E-state index is 11.8. The zero-order valence-electron chi connectivity index (χ0n) is 10.5. The van der Waals surface area contributed by atoms with Crippen LogP contribution in [-0.4, -0.2) is 15.8 Å². The molecule has 0 unspecified atom stereocenters. The Balaban J connectivity index is 1.94. The number of pyridine rings is 1. The molecule has 2 rings (SSSR count). The van der Waals surface area contributed by atoms with E-state index in [0.717, 1.165) is 23.3 Å². The van der Waals surface area contributed by atoms with Crippen LogP contribution < -0.4 is 5.56 Å². The Morgan fingerprint density at radius 3 is 2.78 bits per heavy atom. The molecule has 98 valence electrons. The number of hydrogen-bond acceptors (Lipinski definition) is 2. The standard InChI is InChI=1S/C14H19NO3/c16-13-12(9-4-10-15(13)14(17)18)8-3-7-11-5-1-2-6-11/h4,9-11H,1-3,5-8H2,(H,17,18). The van der Waals surface area contributed by atoms with E-state index in [9.17, 15) is 9.59 Å². The van der Waals surface area contributed by atoms with Crippen LogP contribution in [0.4, 0.5) is 4.79 Å². The van der Waals surface area contributed by atoms with Gasteiger partial charge < -0.3 is 5.11 Å². The number of aromatic nitrogens is 1. The number of rotatable bonds is 4. The van der Waals surface area contributed by atoms with E-state index in [0.29, 0.717) is 12.0 Å². The highest BCUT2D eigenvalue weighted by Gasteiger charge is 2.15. The molecular weight excluding hydrogens is 230 g/mol. The quantitative estimate of drug-likeness (QED) is 0.892. The van der Waals surface area contributed by atoms with Gasteiger partial charge in [-0.2, -0.15) is 0 Å². The van der Waals surface area contributed by atoms with E-state index in [2.05, 4.69) is 0 Å². The molecule has 1 aliphatic rings. The van der Waals surface area contributed by atoms with Crippen molar-refractivity contribution < 1.29 is 9.90 Å². The topological polar surface area (TPSA) is 59.3 Å². The van der Waals surface area contributed by atoms with Crippen LogP contribution in [0, 0.1) is 5.92 Å². The SMILES string of the molecule is O=C(O)n1cccc(CCCC2CCCC2)c1=O. The van der Waals surface area contributed by atoms with Gasteiger partial charge in [0.1, 0.15) is 0 Å². The minimum Gasteiger partial charge on any atom is -0.464 e. The zero-order chi connectivity index (χ0) is 13.0. The van der Waals surface area contributed by atoms with Crippen LogP contribution in [0.1, 0.15) is 44.1 Å². The fourth-order valence-electron chi connectivity index (χ4n) is 2.76. The summed E-state index contributed by atoms with van der Waals surface area (Å²) in [5.74, 6) is 0.815.